The predicted octanol–water partition coefficient (Wildman–Crippen LogP) is 6.82. The highest BCUT2D eigenvalue weighted by Crippen LogP contribution is 2.49. The maximum Gasteiger partial charge on any atom is 0.472 e. The molecule has 1 aromatic heterocycles. The Kier molecular flexibility index (Phi) is 18.3. The van der Waals surface area contributed by atoms with Crippen molar-refractivity contribution in [2.75, 3.05) is 19.8 Å². The molecule has 5 atom stereocenters. The van der Waals surface area contributed by atoms with E-state index in [0.717, 1.165) is 70.6 Å². The fraction of sp³-hybridized carbons (Fsp3) is 0.862. The third-order valence-electron chi connectivity index (χ3n) is 7.72. The number of aliphatic hydroxyl groups is 1. The first-order chi connectivity index (χ1) is 22.5. The molecule has 0 saturated carbocycles. The predicted molar refractivity (Wildman–Crippen MR) is 159 cm³/mol. The number of aromatic amines is 1. The molecule has 19 heteroatoms. The third-order valence-corrected chi connectivity index (χ3v) is 8.72. The number of phosphoric acid groups is 1. The maximum absolute atomic E-state index is 13.8. The van der Waals surface area contributed by atoms with E-state index in [9.17, 15) is 54.9 Å². The summed E-state index contributed by atoms with van der Waals surface area (Å²) in [5.74, 6) is -1.43. The summed E-state index contributed by atoms with van der Waals surface area (Å²) in [6.07, 6.45) is -6.58. The number of hydrogen-bond donors (Lipinski definition) is 3. The minimum Gasteiger partial charge on any atom is -0.390 e. The number of unbranched alkanes of at least 4 members (excludes halogenated alkanes) is 13. The summed E-state index contributed by atoms with van der Waals surface area (Å²) in [5.41, 5.74) is -2.58. The molecular weight excluding hydrogens is 684 g/mol. The molecular formula is C29H46F7N2O9P. The van der Waals surface area contributed by atoms with Gasteiger partial charge in [0.25, 0.3) is 5.56 Å². The van der Waals surface area contributed by atoms with Crippen LogP contribution in [0.1, 0.15) is 109 Å². The second-order valence-corrected chi connectivity index (χ2v) is 13.2. The second-order valence-electron chi connectivity index (χ2n) is 11.8. The molecule has 0 aliphatic carbocycles. The number of nitrogens with one attached hydrogen (secondary N) is 1. The minimum absolute atomic E-state index is 0.203. The van der Waals surface area contributed by atoms with Crippen LogP contribution in [0.5, 0.6) is 0 Å². The van der Waals surface area contributed by atoms with Crippen LogP contribution in [-0.2, 0) is 23.1 Å². The lowest BCUT2D eigenvalue weighted by Gasteiger charge is -2.28. The van der Waals surface area contributed by atoms with Crippen LogP contribution in [0.4, 0.5) is 30.7 Å². The summed E-state index contributed by atoms with van der Waals surface area (Å²) in [6, 6.07) is 0. The number of halogens is 7. The molecule has 0 radical (unpaired) electrons. The summed E-state index contributed by atoms with van der Waals surface area (Å²) >= 11 is 0. The molecule has 0 spiro atoms. The van der Waals surface area contributed by atoms with Crippen LogP contribution in [0.2, 0.25) is 0 Å². The van der Waals surface area contributed by atoms with Crippen molar-refractivity contribution < 1.29 is 63.8 Å². The molecule has 1 fully saturated rings. The van der Waals surface area contributed by atoms with Crippen molar-refractivity contribution in [1.29, 1.82) is 0 Å². The SMILES string of the molecule is O=c1[nH]c(=O)n([C@H]2C[C@H](O)[C@@H]([C@H](OP(=O)(O)OCCOCCCCCCCCCCCCCCCCC(F)(F)F)C(F)(F)F)O2)cc1F. The van der Waals surface area contributed by atoms with E-state index >= 15 is 0 Å². The number of rotatable bonds is 24. The Hall–Kier alpha value is -1.82. The van der Waals surface area contributed by atoms with Crippen LogP contribution < -0.4 is 11.2 Å². The number of nitrogens with zero attached hydrogens (tertiary/aromatic N) is 1. The van der Waals surface area contributed by atoms with Crippen molar-refractivity contribution in [3.05, 3.63) is 32.9 Å². The molecule has 1 saturated heterocycles. The van der Waals surface area contributed by atoms with Gasteiger partial charge in [0.05, 0.1) is 25.5 Å². The molecule has 48 heavy (non-hydrogen) atoms. The molecule has 0 bridgehead atoms. The lowest BCUT2D eigenvalue weighted by molar-refractivity contribution is -0.240. The first-order valence-corrected chi connectivity index (χ1v) is 17.7. The Balaban J connectivity index is 1.55. The number of alkyl halides is 6. The highest BCUT2D eigenvalue weighted by atomic mass is 31.2. The van der Waals surface area contributed by atoms with Crippen molar-refractivity contribution in [3.8, 4) is 0 Å². The Morgan fingerprint density at radius 1 is 0.875 bits per heavy atom. The zero-order valence-corrected chi connectivity index (χ0v) is 27.5. The Morgan fingerprint density at radius 3 is 1.92 bits per heavy atom. The average Bonchev–Trinajstić information content (AvgIpc) is 3.36. The van der Waals surface area contributed by atoms with E-state index < -0.39 is 81.2 Å². The number of phosphoric ester groups is 1. The number of aromatic nitrogens is 2. The van der Waals surface area contributed by atoms with Crippen LogP contribution >= 0.6 is 7.82 Å². The van der Waals surface area contributed by atoms with Crippen LogP contribution in [0, 0.1) is 5.82 Å². The van der Waals surface area contributed by atoms with Crippen molar-refractivity contribution in [2.45, 2.75) is 140 Å². The first kappa shape index (κ1) is 42.3. The minimum atomic E-state index is -5.34. The second kappa shape index (κ2) is 20.8. The fourth-order valence-electron chi connectivity index (χ4n) is 5.24. The van der Waals surface area contributed by atoms with E-state index in [2.05, 4.69) is 9.05 Å². The van der Waals surface area contributed by atoms with E-state index in [-0.39, 0.29) is 13.0 Å². The molecule has 3 N–H and O–H groups in total. The smallest absolute Gasteiger partial charge is 0.390 e. The number of hydrogen-bond acceptors (Lipinski definition) is 8. The molecule has 1 aliphatic rings. The standard InChI is InChI=1S/C29H46F7N2O9P/c30-21-20-38(27(41)37-26(21)40)23-19-22(39)24(46-23)25(29(34,35)36)47-48(42,43)45-18-17-44-16-14-12-10-8-6-4-2-1-3-5-7-9-11-13-15-28(31,32)33/h20,22-25,39H,1-19H2,(H,42,43)(H,37,40,41)/t22-,23+,24-,25-/m0/s1. The largest absolute Gasteiger partial charge is 0.472 e. The molecule has 2 heterocycles. The normalized spacial score (nSPS) is 20.6. The van der Waals surface area contributed by atoms with Gasteiger partial charge in [0.1, 0.15) is 12.3 Å². The molecule has 11 nitrogen and oxygen atoms in total. The van der Waals surface area contributed by atoms with E-state index in [4.69, 9.17) is 9.47 Å². The third kappa shape index (κ3) is 16.7. The zero-order chi connectivity index (χ0) is 35.8. The first-order valence-electron chi connectivity index (χ1n) is 16.2. The molecule has 0 amide bonds. The van der Waals surface area contributed by atoms with Gasteiger partial charge in [-0.3, -0.25) is 23.4 Å². The summed E-state index contributed by atoms with van der Waals surface area (Å²) in [7, 11) is -5.34. The molecule has 1 aliphatic heterocycles. The number of H-pyrrole nitrogens is 1. The average molecular weight is 731 g/mol. The Labute approximate surface area is 273 Å². The van der Waals surface area contributed by atoms with E-state index in [1.807, 2.05) is 0 Å². The maximum atomic E-state index is 13.8. The molecule has 1 aromatic rings. The summed E-state index contributed by atoms with van der Waals surface area (Å²) in [5, 5.41) is 10.2. The fourth-order valence-corrected chi connectivity index (χ4v) is 6.13. The summed E-state index contributed by atoms with van der Waals surface area (Å²) in [6.45, 7) is -0.474. The van der Waals surface area contributed by atoms with Crippen LogP contribution in [0.3, 0.4) is 0 Å². The van der Waals surface area contributed by atoms with Crippen LogP contribution in [0.15, 0.2) is 15.8 Å². The Morgan fingerprint density at radius 2 is 1.40 bits per heavy atom. The number of ether oxygens (including phenoxy) is 2. The van der Waals surface area contributed by atoms with Crippen molar-refractivity contribution in [2.24, 2.45) is 0 Å². The molecule has 2 rings (SSSR count). The van der Waals surface area contributed by atoms with E-state index in [1.54, 1.807) is 4.98 Å². The van der Waals surface area contributed by atoms with Crippen LogP contribution in [0.25, 0.3) is 0 Å². The highest BCUT2D eigenvalue weighted by Gasteiger charge is 2.55. The van der Waals surface area contributed by atoms with Crippen LogP contribution in [-0.4, -0.2) is 70.0 Å². The highest BCUT2D eigenvalue weighted by molar-refractivity contribution is 7.47. The van der Waals surface area contributed by atoms with Gasteiger partial charge in [-0.1, -0.05) is 77.0 Å². The molecule has 1 unspecified atom stereocenters. The van der Waals surface area contributed by atoms with E-state index in [0.29, 0.717) is 30.2 Å². The molecule has 0 aromatic carbocycles. The topological polar surface area (TPSA) is 149 Å². The van der Waals surface area contributed by atoms with Gasteiger partial charge in [0, 0.05) is 19.4 Å². The van der Waals surface area contributed by atoms with Crippen molar-refractivity contribution >= 4 is 7.82 Å². The van der Waals surface area contributed by atoms with Gasteiger partial charge in [0.2, 0.25) is 5.82 Å². The van der Waals surface area contributed by atoms with E-state index in [1.165, 1.54) is 0 Å². The van der Waals surface area contributed by atoms with Gasteiger partial charge in [-0.15, -0.1) is 0 Å². The number of aliphatic hydroxyl groups excluding tert-OH is 1. The van der Waals surface area contributed by atoms with Crippen molar-refractivity contribution in [3.63, 3.8) is 0 Å². The lowest BCUT2D eigenvalue weighted by atomic mass is 10.0. The zero-order valence-electron chi connectivity index (χ0n) is 26.6. The lowest BCUT2D eigenvalue weighted by Crippen LogP contribution is -2.46. The van der Waals surface area contributed by atoms with Gasteiger partial charge in [-0.05, 0) is 12.8 Å². The van der Waals surface area contributed by atoms with Gasteiger partial charge >= 0.3 is 25.9 Å². The quantitative estimate of drug-likeness (QED) is 0.0592. The Bertz CT molecular complexity index is 1230. The van der Waals surface area contributed by atoms with Gasteiger partial charge < -0.3 is 19.5 Å². The summed E-state index contributed by atoms with van der Waals surface area (Å²) in [4.78, 5) is 34.7. The monoisotopic (exact) mass is 730 g/mol. The van der Waals surface area contributed by atoms with Gasteiger partial charge in [-0.25, -0.2) is 9.36 Å². The van der Waals surface area contributed by atoms with Gasteiger partial charge in [0.15, 0.2) is 6.10 Å². The van der Waals surface area contributed by atoms with Gasteiger partial charge in [-0.2, -0.15) is 30.7 Å². The molecule has 280 valence electrons. The summed E-state index contributed by atoms with van der Waals surface area (Å²) < 4.78 is 123. The van der Waals surface area contributed by atoms with Crippen molar-refractivity contribution in [1.82, 2.24) is 9.55 Å².